The highest BCUT2D eigenvalue weighted by molar-refractivity contribution is 4.98. The van der Waals surface area contributed by atoms with Gasteiger partial charge < -0.3 is 0 Å². The van der Waals surface area contributed by atoms with E-state index in [4.69, 9.17) is 5.90 Å². The fourth-order valence-corrected chi connectivity index (χ4v) is 0.297. The van der Waals surface area contributed by atoms with Gasteiger partial charge in [-0.25, -0.2) is 0 Å². The highest BCUT2D eigenvalue weighted by Crippen LogP contribution is 1.79. The Bertz CT molecular complexity index is 80.4. The van der Waals surface area contributed by atoms with Gasteiger partial charge in [-0.05, 0) is 6.42 Å². The van der Waals surface area contributed by atoms with Crippen LogP contribution in [-0.4, -0.2) is 6.61 Å². The minimum atomic E-state index is 0.125. The van der Waals surface area contributed by atoms with E-state index in [-0.39, 0.29) is 6.61 Å². The summed E-state index contributed by atoms with van der Waals surface area (Å²) >= 11 is 0. The standard InChI is InChI=1S/C6H9NO/c1-2-3-4-5-6-8-7/h2-3,6H2,1H3. The molecule has 0 fully saturated rings. The van der Waals surface area contributed by atoms with Gasteiger partial charge in [-0.3, -0.25) is 4.84 Å². The molecule has 0 amide bonds. The van der Waals surface area contributed by atoms with Crippen LogP contribution in [-0.2, 0) is 4.84 Å². The quantitative estimate of drug-likeness (QED) is 0.383. The summed E-state index contributed by atoms with van der Waals surface area (Å²) in [5, 5.41) is 0. The molecule has 0 aromatic carbocycles. The second-order valence-corrected chi connectivity index (χ2v) is 1.38. The van der Waals surface area contributed by atoms with Gasteiger partial charge in [-0.1, -0.05) is 12.8 Å². The molecule has 0 aromatic rings. The normalized spacial score (nSPS) is 7.75. The SMILES string of the molecule is CCCC#CCO[N]. The van der Waals surface area contributed by atoms with Crippen LogP contribution in [0.15, 0.2) is 0 Å². The highest BCUT2D eigenvalue weighted by Gasteiger charge is 1.70. The molecular formula is C6H9NO. The lowest BCUT2D eigenvalue weighted by Crippen LogP contribution is -1.83. The third kappa shape index (κ3) is 5.48. The first-order valence-electron chi connectivity index (χ1n) is 2.64. The summed E-state index contributed by atoms with van der Waals surface area (Å²) in [6, 6.07) is 0. The second kappa shape index (κ2) is 6.48. The molecule has 0 spiro atoms. The molecule has 0 aliphatic carbocycles. The Kier molecular flexibility index (Phi) is 6.06. The third-order valence-electron chi connectivity index (χ3n) is 0.637. The van der Waals surface area contributed by atoms with Crippen molar-refractivity contribution in [3.8, 4) is 11.8 Å². The van der Waals surface area contributed by atoms with Crippen molar-refractivity contribution in [2.24, 2.45) is 0 Å². The summed E-state index contributed by atoms with van der Waals surface area (Å²) in [7, 11) is 0. The minimum Gasteiger partial charge on any atom is -0.251 e. The highest BCUT2D eigenvalue weighted by atomic mass is 16.6. The summed E-state index contributed by atoms with van der Waals surface area (Å²) in [5.41, 5.74) is 0. The summed E-state index contributed by atoms with van der Waals surface area (Å²) in [4.78, 5) is 3.71. The molecule has 0 saturated carbocycles. The van der Waals surface area contributed by atoms with Crippen LogP contribution in [0.1, 0.15) is 19.8 Å². The Morgan fingerprint density at radius 3 is 2.75 bits per heavy atom. The van der Waals surface area contributed by atoms with Crippen LogP contribution >= 0.6 is 0 Å². The minimum absolute atomic E-state index is 0.125. The molecule has 0 aromatic heterocycles. The van der Waals surface area contributed by atoms with E-state index in [1.54, 1.807) is 0 Å². The van der Waals surface area contributed by atoms with E-state index in [9.17, 15) is 0 Å². The molecule has 0 rings (SSSR count). The zero-order chi connectivity index (χ0) is 6.24. The van der Waals surface area contributed by atoms with Gasteiger partial charge in [0.1, 0.15) is 6.61 Å². The van der Waals surface area contributed by atoms with E-state index in [1.165, 1.54) is 0 Å². The zero-order valence-corrected chi connectivity index (χ0v) is 4.98. The number of unbranched alkanes of at least 4 members (excludes halogenated alkanes) is 1. The van der Waals surface area contributed by atoms with Gasteiger partial charge >= 0.3 is 0 Å². The van der Waals surface area contributed by atoms with Crippen molar-refractivity contribution in [3.63, 3.8) is 0 Å². The summed E-state index contributed by atoms with van der Waals surface area (Å²) in [6.07, 6.45) is 1.93. The Hall–Kier alpha value is -0.520. The van der Waals surface area contributed by atoms with Crippen LogP contribution in [0.4, 0.5) is 0 Å². The maximum absolute atomic E-state index is 7.76. The molecule has 2 heteroatoms. The Balaban J connectivity index is 2.95. The van der Waals surface area contributed by atoms with Gasteiger partial charge in [0.2, 0.25) is 0 Å². The Morgan fingerprint density at radius 1 is 1.50 bits per heavy atom. The first-order valence-corrected chi connectivity index (χ1v) is 2.64. The summed E-state index contributed by atoms with van der Waals surface area (Å²) < 4.78 is 0. The average molecular weight is 111 g/mol. The molecule has 0 unspecified atom stereocenters. The molecule has 0 bridgehead atoms. The predicted octanol–water partition coefficient (Wildman–Crippen LogP) is 0.790. The lowest BCUT2D eigenvalue weighted by Gasteiger charge is -1.78. The average Bonchev–Trinajstić information content (AvgIpc) is 1.81. The van der Waals surface area contributed by atoms with Crippen molar-refractivity contribution in [2.75, 3.05) is 6.61 Å². The molecule has 0 N–H and O–H groups in total. The van der Waals surface area contributed by atoms with Crippen LogP contribution in [0.5, 0.6) is 0 Å². The fourth-order valence-electron chi connectivity index (χ4n) is 0.297. The van der Waals surface area contributed by atoms with E-state index in [0.717, 1.165) is 12.8 Å². The Labute approximate surface area is 50.0 Å². The van der Waals surface area contributed by atoms with E-state index in [0.29, 0.717) is 0 Å². The fraction of sp³-hybridized carbons (Fsp3) is 0.667. The van der Waals surface area contributed by atoms with Gasteiger partial charge in [0.25, 0.3) is 0 Å². The van der Waals surface area contributed by atoms with E-state index in [1.807, 2.05) is 0 Å². The zero-order valence-electron chi connectivity index (χ0n) is 4.98. The number of hydrogen-bond acceptors (Lipinski definition) is 1. The topological polar surface area (TPSA) is 31.5 Å². The van der Waals surface area contributed by atoms with Gasteiger partial charge in [0.15, 0.2) is 0 Å². The van der Waals surface area contributed by atoms with E-state index < -0.39 is 0 Å². The monoisotopic (exact) mass is 111 g/mol. The van der Waals surface area contributed by atoms with Crippen molar-refractivity contribution >= 4 is 0 Å². The van der Waals surface area contributed by atoms with Gasteiger partial charge in [0.05, 0.1) is 0 Å². The van der Waals surface area contributed by atoms with Crippen LogP contribution < -0.4 is 5.90 Å². The Morgan fingerprint density at radius 2 is 2.25 bits per heavy atom. The second-order valence-electron chi connectivity index (χ2n) is 1.38. The number of hydrogen-bond donors (Lipinski definition) is 0. The molecular weight excluding hydrogens is 102 g/mol. The van der Waals surface area contributed by atoms with Crippen molar-refractivity contribution in [1.29, 1.82) is 0 Å². The van der Waals surface area contributed by atoms with Crippen LogP contribution in [0.3, 0.4) is 0 Å². The molecule has 0 atom stereocenters. The largest absolute Gasteiger partial charge is 0.251 e. The van der Waals surface area contributed by atoms with Gasteiger partial charge in [-0.2, -0.15) is 0 Å². The van der Waals surface area contributed by atoms with Crippen LogP contribution in [0.25, 0.3) is 0 Å². The van der Waals surface area contributed by atoms with Crippen LogP contribution in [0.2, 0.25) is 0 Å². The molecule has 8 heavy (non-hydrogen) atoms. The summed E-state index contributed by atoms with van der Waals surface area (Å²) in [5.74, 6) is 13.2. The smallest absolute Gasteiger partial charge is 0.132 e. The first kappa shape index (κ1) is 7.48. The predicted molar refractivity (Wildman–Crippen MR) is 30.8 cm³/mol. The molecule has 0 aliphatic heterocycles. The van der Waals surface area contributed by atoms with Crippen molar-refractivity contribution in [3.05, 3.63) is 0 Å². The van der Waals surface area contributed by atoms with Gasteiger partial charge in [-0.15, -0.1) is 5.92 Å². The molecule has 0 aliphatic rings. The van der Waals surface area contributed by atoms with Gasteiger partial charge in [0, 0.05) is 12.3 Å². The van der Waals surface area contributed by atoms with Crippen molar-refractivity contribution in [1.82, 2.24) is 5.90 Å². The number of nitrogens with zero attached hydrogens (tertiary/aromatic N) is 1. The van der Waals surface area contributed by atoms with E-state index in [2.05, 4.69) is 23.6 Å². The van der Waals surface area contributed by atoms with Crippen LogP contribution in [0, 0.1) is 11.8 Å². The number of rotatable bonds is 2. The lowest BCUT2D eigenvalue weighted by atomic mass is 10.3. The first-order chi connectivity index (χ1) is 3.91. The van der Waals surface area contributed by atoms with Crippen molar-refractivity contribution in [2.45, 2.75) is 19.8 Å². The molecule has 2 radical (unpaired) electrons. The maximum atomic E-state index is 7.76. The van der Waals surface area contributed by atoms with E-state index >= 15 is 0 Å². The van der Waals surface area contributed by atoms with Crippen molar-refractivity contribution < 1.29 is 4.84 Å². The summed E-state index contributed by atoms with van der Waals surface area (Å²) in [6.45, 7) is 2.18. The lowest BCUT2D eigenvalue weighted by molar-refractivity contribution is 0.151. The molecule has 0 heterocycles. The molecule has 2 nitrogen and oxygen atoms in total. The molecule has 44 valence electrons. The molecule has 0 saturated heterocycles. The maximum Gasteiger partial charge on any atom is 0.132 e. The third-order valence-corrected chi connectivity index (χ3v) is 0.637.